The number of benzene rings is 3. The Kier molecular flexibility index (Phi) is 7.86. The highest BCUT2D eigenvalue weighted by molar-refractivity contribution is 7.89. The van der Waals surface area contributed by atoms with E-state index in [0.29, 0.717) is 30.2 Å². The summed E-state index contributed by atoms with van der Waals surface area (Å²) in [5.41, 5.74) is 2.60. The third-order valence-corrected chi connectivity index (χ3v) is 6.16. The van der Waals surface area contributed by atoms with Crippen molar-refractivity contribution in [1.82, 2.24) is 4.72 Å². The molecular weight excluding hydrogens is 428 g/mol. The molecule has 0 unspecified atom stereocenters. The van der Waals surface area contributed by atoms with Gasteiger partial charge in [0.05, 0.1) is 17.7 Å². The maximum atomic E-state index is 12.5. The number of nitrogens with one attached hydrogen (secondary N) is 2. The van der Waals surface area contributed by atoms with Crippen molar-refractivity contribution in [2.75, 3.05) is 25.6 Å². The Morgan fingerprint density at radius 1 is 0.969 bits per heavy atom. The van der Waals surface area contributed by atoms with E-state index in [-0.39, 0.29) is 17.4 Å². The molecule has 2 N–H and O–H groups in total. The van der Waals surface area contributed by atoms with E-state index in [4.69, 9.17) is 9.47 Å². The average Bonchev–Trinajstić information content (AvgIpc) is 2.79. The Morgan fingerprint density at radius 3 is 2.38 bits per heavy atom. The lowest BCUT2D eigenvalue weighted by Crippen LogP contribution is -2.26. The molecule has 0 bridgehead atoms. The smallest absolute Gasteiger partial charge is 0.262 e. The Hall–Kier alpha value is -3.36. The fraction of sp³-hybridized carbons (Fsp3) is 0.208. The molecule has 7 nitrogen and oxygen atoms in total. The molecule has 8 heteroatoms. The van der Waals surface area contributed by atoms with Crippen molar-refractivity contribution in [2.45, 2.75) is 18.2 Å². The highest BCUT2D eigenvalue weighted by atomic mass is 32.2. The van der Waals surface area contributed by atoms with E-state index in [1.54, 1.807) is 12.1 Å². The molecule has 3 aromatic carbocycles. The second-order valence-corrected chi connectivity index (χ2v) is 8.91. The first-order chi connectivity index (χ1) is 15.4. The molecule has 0 radical (unpaired) electrons. The van der Waals surface area contributed by atoms with Crippen molar-refractivity contribution >= 4 is 21.6 Å². The van der Waals surface area contributed by atoms with Crippen LogP contribution in [-0.2, 0) is 21.2 Å². The minimum Gasteiger partial charge on any atom is -0.495 e. The number of rotatable bonds is 10. The lowest BCUT2D eigenvalue weighted by Gasteiger charge is -2.12. The van der Waals surface area contributed by atoms with Gasteiger partial charge in [-0.2, -0.15) is 0 Å². The molecule has 0 spiro atoms. The van der Waals surface area contributed by atoms with Gasteiger partial charge < -0.3 is 14.8 Å². The van der Waals surface area contributed by atoms with Crippen LogP contribution in [0.2, 0.25) is 0 Å². The summed E-state index contributed by atoms with van der Waals surface area (Å²) in [5, 5.41) is 2.75. The minimum absolute atomic E-state index is 0.131. The molecule has 0 fully saturated rings. The molecule has 0 aliphatic carbocycles. The third kappa shape index (κ3) is 6.57. The monoisotopic (exact) mass is 454 g/mol. The van der Waals surface area contributed by atoms with E-state index in [2.05, 4.69) is 10.0 Å². The number of hydrogen-bond acceptors (Lipinski definition) is 5. The summed E-state index contributed by atoms with van der Waals surface area (Å²) in [5.74, 6) is 0.589. The van der Waals surface area contributed by atoms with E-state index in [1.807, 2.05) is 43.3 Å². The number of aryl methyl sites for hydroxylation is 1. The Morgan fingerprint density at radius 2 is 1.69 bits per heavy atom. The fourth-order valence-electron chi connectivity index (χ4n) is 3.03. The summed E-state index contributed by atoms with van der Waals surface area (Å²) in [4.78, 5) is 12.4. The molecule has 0 atom stereocenters. The van der Waals surface area contributed by atoms with Crippen LogP contribution in [0.5, 0.6) is 11.5 Å². The van der Waals surface area contributed by atoms with Gasteiger partial charge in [0.25, 0.3) is 5.91 Å². The maximum absolute atomic E-state index is 12.5. The molecule has 0 aliphatic rings. The lowest BCUT2D eigenvalue weighted by molar-refractivity contribution is -0.118. The zero-order valence-electron chi connectivity index (χ0n) is 18.0. The van der Waals surface area contributed by atoms with Gasteiger partial charge in [0, 0.05) is 6.54 Å². The van der Waals surface area contributed by atoms with E-state index in [1.165, 1.54) is 31.4 Å². The van der Waals surface area contributed by atoms with Gasteiger partial charge in [-0.25, -0.2) is 13.1 Å². The molecule has 3 rings (SSSR count). The van der Waals surface area contributed by atoms with Crippen LogP contribution < -0.4 is 19.5 Å². The van der Waals surface area contributed by atoms with Crippen LogP contribution in [0.25, 0.3) is 0 Å². The highest BCUT2D eigenvalue weighted by Crippen LogP contribution is 2.25. The Labute approximate surface area is 188 Å². The number of carbonyl (C=O) groups is 1. The zero-order chi connectivity index (χ0) is 23.0. The lowest BCUT2D eigenvalue weighted by atomic mass is 10.2. The second kappa shape index (κ2) is 10.8. The van der Waals surface area contributed by atoms with Gasteiger partial charge in [0.15, 0.2) is 6.61 Å². The Balaban J connectivity index is 1.51. The van der Waals surface area contributed by atoms with E-state index >= 15 is 0 Å². The van der Waals surface area contributed by atoms with Gasteiger partial charge in [-0.05, 0) is 60.9 Å². The summed E-state index contributed by atoms with van der Waals surface area (Å²) in [6, 6.07) is 21.1. The van der Waals surface area contributed by atoms with Gasteiger partial charge in [-0.15, -0.1) is 0 Å². The fourth-order valence-corrected chi connectivity index (χ4v) is 4.06. The van der Waals surface area contributed by atoms with Crippen LogP contribution in [-0.4, -0.2) is 34.6 Å². The number of hydrogen-bond donors (Lipinski definition) is 2. The van der Waals surface area contributed by atoms with Crippen LogP contribution >= 0.6 is 0 Å². The molecule has 0 aromatic heterocycles. The molecule has 32 heavy (non-hydrogen) atoms. The van der Waals surface area contributed by atoms with Crippen molar-refractivity contribution < 1.29 is 22.7 Å². The van der Waals surface area contributed by atoms with E-state index in [9.17, 15) is 13.2 Å². The van der Waals surface area contributed by atoms with Crippen LogP contribution in [0.1, 0.15) is 11.1 Å². The van der Waals surface area contributed by atoms with Crippen LogP contribution in [0.3, 0.4) is 0 Å². The number of anilines is 1. The molecule has 0 saturated heterocycles. The van der Waals surface area contributed by atoms with Crippen molar-refractivity contribution in [3.8, 4) is 11.5 Å². The molecule has 1 amide bonds. The predicted molar refractivity (Wildman–Crippen MR) is 124 cm³/mol. The van der Waals surface area contributed by atoms with E-state index in [0.717, 1.165) is 11.1 Å². The van der Waals surface area contributed by atoms with Crippen molar-refractivity contribution in [3.05, 3.63) is 83.9 Å². The number of sulfonamides is 1. The average molecular weight is 455 g/mol. The van der Waals surface area contributed by atoms with Crippen LogP contribution in [0, 0.1) is 6.92 Å². The first kappa shape index (κ1) is 23.3. The van der Waals surface area contributed by atoms with Crippen LogP contribution in [0.4, 0.5) is 5.69 Å². The van der Waals surface area contributed by atoms with Crippen LogP contribution in [0.15, 0.2) is 77.7 Å². The number of carbonyl (C=O) groups excluding carboxylic acids is 1. The normalized spacial score (nSPS) is 11.1. The van der Waals surface area contributed by atoms with Crippen molar-refractivity contribution in [1.29, 1.82) is 0 Å². The third-order valence-electron chi connectivity index (χ3n) is 4.68. The summed E-state index contributed by atoms with van der Waals surface area (Å²) in [7, 11) is -2.10. The highest BCUT2D eigenvalue weighted by Gasteiger charge is 2.14. The van der Waals surface area contributed by atoms with Crippen molar-refractivity contribution in [2.24, 2.45) is 0 Å². The van der Waals surface area contributed by atoms with Gasteiger partial charge >= 0.3 is 0 Å². The second-order valence-electron chi connectivity index (χ2n) is 7.15. The first-order valence-corrected chi connectivity index (χ1v) is 11.6. The SMILES string of the molecule is COc1ccc(C)cc1NC(=O)COc1ccc(S(=O)(=O)NCCc2ccccc2)cc1. The summed E-state index contributed by atoms with van der Waals surface area (Å²) in [6.07, 6.45) is 0.599. The molecule has 0 aliphatic heterocycles. The standard InChI is InChI=1S/C24H26N2O5S/c1-18-8-13-23(30-2)22(16-18)26-24(27)17-31-20-9-11-21(12-10-20)32(28,29)25-15-14-19-6-4-3-5-7-19/h3-13,16,25H,14-15,17H2,1-2H3,(H,26,27). The molecule has 0 saturated carbocycles. The molecular formula is C24H26N2O5S. The summed E-state index contributed by atoms with van der Waals surface area (Å²) < 4.78 is 38.2. The number of ether oxygens (including phenoxy) is 2. The molecule has 3 aromatic rings. The van der Waals surface area contributed by atoms with E-state index < -0.39 is 10.0 Å². The first-order valence-electron chi connectivity index (χ1n) is 10.1. The number of amides is 1. The zero-order valence-corrected chi connectivity index (χ0v) is 18.8. The quantitative estimate of drug-likeness (QED) is 0.489. The van der Waals surface area contributed by atoms with Gasteiger partial charge in [0.1, 0.15) is 11.5 Å². The molecule has 168 valence electrons. The number of methoxy groups -OCH3 is 1. The topological polar surface area (TPSA) is 93.7 Å². The molecule has 0 heterocycles. The summed E-state index contributed by atoms with van der Waals surface area (Å²) in [6.45, 7) is 1.99. The minimum atomic E-state index is -3.63. The van der Waals surface area contributed by atoms with Gasteiger partial charge in [-0.1, -0.05) is 36.4 Å². The van der Waals surface area contributed by atoms with Gasteiger partial charge in [-0.3, -0.25) is 4.79 Å². The van der Waals surface area contributed by atoms with Gasteiger partial charge in [0.2, 0.25) is 10.0 Å². The Bertz CT molecular complexity index is 1150. The van der Waals surface area contributed by atoms with Crippen molar-refractivity contribution in [3.63, 3.8) is 0 Å². The summed E-state index contributed by atoms with van der Waals surface area (Å²) >= 11 is 0. The maximum Gasteiger partial charge on any atom is 0.262 e. The largest absolute Gasteiger partial charge is 0.495 e. The predicted octanol–water partition coefficient (Wildman–Crippen LogP) is 3.54.